The first-order valence-corrected chi connectivity index (χ1v) is 19.5. The van der Waals surface area contributed by atoms with E-state index in [1.807, 2.05) is 79.7 Å². The molecule has 0 fully saturated rings. The van der Waals surface area contributed by atoms with Crippen LogP contribution in [0.1, 0.15) is 89.5 Å². The van der Waals surface area contributed by atoms with Crippen molar-refractivity contribution in [2.75, 3.05) is 40.5 Å². The lowest BCUT2D eigenvalue weighted by molar-refractivity contribution is -0.145. The molecule has 0 heterocycles. The Morgan fingerprint density at radius 2 is 1.00 bits per heavy atom. The van der Waals surface area contributed by atoms with Crippen molar-refractivity contribution in [2.45, 2.75) is 114 Å². The van der Waals surface area contributed by atoms with E-state index in [0.717, 1.165) is 22.3 Å². The van der Waals surface area contributed by atoms with Gasteiger partial charge < -0.3 is 52.5 Å². The van der Waals surface area contributed by atoms with Crippen molar-refractivity contribution in [3.8, 4) is 11.5 Å². The minimum absolute atomic E-state index is 0.0646. The van der Waals surface area contributed by atoms with Crippen LogP contribution < -0.4 is 43.0 Å². The summed E-state index contributed by atoms with van der Waals surface area (Å²) in [5.41, 5.74) is 24.5. The lowest BCUT2D eigenvalue weighted by Gasteiger charge is -2.28. The number of esters is 2. The highest BCUT2D eigenvalue weighted by molar-refractivity contribution is 7.99. The van der Waals surface area contributed by atoms with Crippen LogP contribution in [0.3, 0.4) is 0 Å². The molecule has 0 bridgehead atoms. The lowest BCUT2D eigenvalue weighted by Crippen LogP contribution is -2.43. The molecule has 0 radical (unpaired) electrons. The van der Waals surface area contributed by atoms with Crippen molar-refractivity contribution in [2.24, 2.45) is 32.9 Å². The van der Waals surface area contributed by atoms with E-state index in [0.29, 0.717) is 34.1 Å². The molecule has 0 saturated heterocycles. The van der Waals surface area contributed by atoms with Gasteiger partial charge in [0.15, 0.2) is 25.1 Å². The molecule has 0 saturated carbocycles. The lowest BCUT2D eigenvalue weighted by atomic mass is 9.85. The minimum Gasteiger partial charge on any atom is -0.482 e. The van der Waals surface area contributed by atoms with Gasteiger partial charge in [0.1, 0.15) is 23.6 Å². The number of nitrogens with zero attached hydrogens (tertiary/aromatic N) is 2. The Hall–Kier alpha value is -5.19. The van der Waals surface area contributed by atoms with Crippen LogP contribution in [0.15, 0.2) is 44.0 Å². The Bertz CT molecular complexity index is 1650. The molecule has 2 aromatic carbocycles. The van der Waals surface area contributed by atoms with Crippen LogP contribution in [0.5, 0.6) is 11.5 Å². The highest BCUT2D eigenvalue weighted by atomic mass is 32.2. The van der Waals surface area contributed by atoms with Crippen LogP contribution in [0.4, 0.5) is 0 Å². The molecule has 0 unspecified atom stereocenters. The van der Waals surface area contributed by atoms with Gasteiger partial charge in [0.05, 0.1) is 24.0 Å². The van der Waals surface area contributed by atoms with Crippen LogP contribution in [0.25, 0.3) is 0 Å². The summed E-state index contributed by atoms with van der Waals surface area (Å²) in [6.45, 7) is 16.0. The maximum absolute atomic E-state index is 13.3. The maximum atomic E-state index is 13.3. The Kier molecular flexibility index (Phi) is 18.5. The largest absolute Gasteiger partial charge is 0.482 e. The molecule has 2 rings (SSSR count). The van der Waals surface area contributed by atoms with Gasteiger partial charge in [0.2, 0.25) is 0 Å². The smallest absolute Gasteiger partial charge is 0.328 e. The maximum Gasteiger partial charge on any atom is 0.328 e. The number of carbonyl (C=O) groups excluding carboxylic acids is 4. The molecule has 10 N–H and O–H groups in total. The molecule has 0 aliphatic heterocycles. The molecule has 0 aliphatic carbocycles. The second kappa shape index (κ2) is 21.9. The number of amides is 2. The summed E-state index contributed by atoms with van der Waals surface area (Å²) in [7, 11) is 2.50. The van der Waals surface area contributed by atoms with Gasteiger partial charge in [0, 0.05) is 24.2 Å². The Morgan fingerprint density at radius 3 is 1.30 bits per heavy atom. The number of aryl methyl sites for hydroxylation is 2. The molecule has 0 aromatic heterocycles. The van der Waals surface area contributed by atoms with E-state index in [4.69, 9.17) is 41.9 Å². The second-order valence-electron chi connectivity index (χ2n) is 15.6. The first-order chi connectivity index (χ1) is 26.6. The molecule has 16 nitrogen and oxygen atoms in total. The quantitative estimate of drug-likeness (QED) is 0.0486. The molecule has 0 spiro atoms. The average molecular weight is 815 g/mol. The van der Waals surface area contributed by atoms with Crippen LogP contribution in [0.2, 0.25) is 0 Å². The predicted octanol–water partition coefficient (Wildman–Crippen LogP) is 3.23. The molecular weight excluding hydrogens is 753 g/mol. The summed E-state index contributed by atoms with van der Waals surface area (Å²) in [6, 6.07) is 6.11. The van der Waals surface area contributed by atoms with Crippen LogP contribution in [-0.4, -0.2) is 88.3 Å². The standard InChI is InChI=1S/C40H62N8O8S/c1-23-17-25(39(3,4)5)33(55-21-31(49)47-27(35(51)53-9)13-11-15-45-37(41)42)29(19-23)57-30-20-24(2)18-26(40(6,7)8)34(30)56-22-32(50)48-28(36(52)54-10)14-12-16-46-38(43)44/h17-20,27-28H,11-16,21-22H2,1-10H3,(H,47,49)(H,48,50)(H4,41,42,45)(H4,43,44,46)/t27-,28-/m0/s1. The summed E-state index contributed by atoms with van der Waals surface area (Å²) in [4.78, 5) is 60.9. The van der Waals surface area contributed by atoms with E-state index in [1.54, 1.807) is 0 Å². The Balaban J connectivity index is 2.50. The van der Waals surface area contributed by atoms with Crippen molar-refractivity contribution in [1.82, 2.24) is 10.6 Å². The van der Waals surface area contributed by atoms with Crippen molar-refractivity contribution in [3.63, 3.8) is 0 Å². The van der Waals surface area contributed by atoms with E-state index >= 15 is 0 Å². The van der Waals surface area contributed by atoms with Gasteiger partial charge in [-0.15, -0.1) is 0 Å². The summed E-state index contributed by atoms with van der Waals surface area (Å²) in [5.74, 6) is -1.41. The molecule has 316 valence electrons. The predicted molar refractivity (Wildman–Crippen MR) is 223 cm³/mol. The highest BCUT2D eigenvalue weighted by Crippen LogP contribution is 2.47. The number of nitrogens with one attached hydrogen (secondary N) is 2. The molecule has 2 aromatic rings. The van der Waals surface area contributed by atoms with Crippen molar-refractivity contribution in [3.05, 3.63) is 46.5 Å². The topological polar surface area (TPSA) is 258 Å². The number of rotatable bonds is 20. The zero-order valence-electron chi connectivity index (χ0n) is 35.0. The monoisotopic (exact) mass is 814 g/mol. The number of nitrogens with two attached hydrogens (primary N) is 4. The van der Waals surface area contributed by atoms with Gasteiger partial charge in [-0.2, -0.15) is 0 Å². The molecule has 0 aliphatic rings. The normalized spacial score (nSPS) is 12.4. The fourth-order valence-corrected chi connectivity index (χ4v) is 6.95. The Labute approximate surface area is 340 Å². The van der Waals surface area contributed by atoms with Crippen molar-refractivity contribution >= 4 is 47.4 Å². The summed E-state index contributed by atoms with van der Waals surface area (Å²) < 4.78 is 22.5. The zero-order chi connectivity index (χ0) is 43.1. The van der Waals surface area contributed by atoms with Gasteiger partial charge in [-0.25, -0.2) is 9.59 Å². The van der Waals surface area contributed by atoms with Crippen molar-refractivity contribution < 1.29 is 38.1 Å². The third kappa shape index (κ3) is 16.1. The molecular formula is C40H62N8O8S. The van der Waals surface area contributed by atoms with Gasteiger partial charge in [0.25, 0.3) is 11.8 Å². The third-order valence-electron chi connectivity index (χ3n) is 8.46. The average Bonchev–Trinajstić information content (AvgIpc) is 3.11. The number of hydrogen-bond donors (Lipinski definition) is 6. The van der Waals surface area contributed by atoms with Crippen LogP contribution in [0, 0.1) is 13.8 Å². The van der Waals surface area contributed by atoms with Crippen LogP contribution >= 0.6 is 11.8 Å². The van der Waals surface area contributed by atoms with E-state index in [1.165, 1.54) is 26.0 Å². The van der Waals surface area contributed by atoms with E-state index in [2.05, 4.69) is 20.6 Å². The summed E-state index contributed by atoms with van der Waals surface area (Å²) in [6.07, 6.45) is 1.36. The number of hydrogen-bond acceptors (Lipinski definition) is 11. The van der Waals surface area contributed by atoms with E-state index in [9.17, 15) is 19.2 Å². The summed E-state index contributed by atoms with van der Waals surface area (Å²) in [5, 5.41) is 5.43. The van der Waals surface area contributed by atoms with Crippen LogP contribution in [-0.2, 0) is 39.5 Å². The fourth-order valence-electron chi connectivity index (χ4n) is 5.70. The zero-order valence-corrected chi connectivity index (χ0v) is 35.8. The van der Waals surface area contributed by atoms with Gasteiger partial charge in [-0.05, 0) is 73.6 Å². The Morgan fingerprint density at radius 1 is 0.649 bits per heavy atom. The first kappa shape index (κ1) is 48.0. The van der Waals surface area contributed by atoms with Gasteiger partial charge >= 0.3 is 11.9 Å². The van der Waals surface area contributed by atoms with Gasteiger partial charge in [-0.1, -0.05) is 65.4 Å². The SMILES string of the molecule is COC(=O)[C@H](CCCN=C(N)N)NC(=O)COc1c(Sc2cc(C)cc(C(C)(C)C)c2OCC(=O)N[C@@H](CCCN=C(N)N)C(=O)OC)cc(C)cc1C(C)(C)C. The number of aliphatic imine (C=N–C) groups is 2. The van der Waals surface area contributed by atoms with E-state index < -0.39 is 46.7 Å². The van der Waals surface area contributed by atoms with Crippen molar-refractivity contribution in [1.29, 1.82) is 0 Å². The highest BCUT2D eigenvalue weighted by Gasteiger charge is 2.29. The third-order valence-corrected chi connectivity index (χ3v) is 9.51. The number of benzene rings is 2. The number of methoxy groups -OCH3 is 2. The number of guanidine groups is 2. The number of ether oxygens (including phenoxy) is 4. The molecule has 17 heteroatoms. The minimum atomic E-state index is -0.929. The molecule has 2 atom stereocenters. The summed E-state index contributed by atoms with van der Waals surface area (Å²) >= 11 is 1.38. The molecule has 57 heavy (non-hydrogen) atoms. The van der Waals surface area contributed by atoms with Gasteiger partial charge in [-0.3, -0.25) is 19.6 Å². The fraction of sp³-hybridized carbons (Fsp3) is 0.550. The number of carbonyl (C=O) groups is 4. The first-order valence-electron chi connectivity index (χ1n) is 18.7. The molecule has 2 amide bonds. The van der Waals surface area contributed by atoms with E-state index in [-0.39, 0.29) is 51.1 Å². The second-order valence-corrected chi connectivity index (χ2v) is 16.7.